The van der Waals surface area contributed by atoms with Crippen molar-refractivity contribution >= 4 is 85.8 Å². The van der Waals surface area contributed by atoms with E-state index in [1.807, 2.05) is 31.2 Å². The van der Waals surface area contributed by atoms with Gasteiger partial charge in [-0.05, 0) is 56.4 Å². The highest BCUT2D eigenvalue weighted by Crippen LogP contribution is 2.27. The van der Waals surface area contributed by atoms with Crippen molar-refractivity contribution in [2.45, 2.75) is 20.3 Å². The minimum absolute atomic E-state index is 0.130. The molecule has 0 spiro atoms. The van der Waals surface area contributed by atoms with Crippen LogP contribution in [0.4, 0.5) is 16.5 Å². The van der Waals surface area contributed by atoms with Crippen LogP contribution in [0, 0.1) is 13.8 Å². The third-order valence-corrected chi connectivity index (χ3v) is 6.01. The van der Waals surface area contributed by atoms with Gasteiger partial charge < -0.3 is 16.4 Å². The molecule has 5 N–H and O–H groups in total. The second kappa shape index (κ2) is 11.4. The van der Waals surface area contributed by atoms with Crippen LogP contribution < -0.4 is 21.8 Å². The lowest BCUT2D eigenvalue weighted by Crippen LogP contribution is -2.31. The van der Waals surface area contributed by atoms with E-state index in [0.717, 1.165) is 11.3 Å². The molecule has 8 nitrogen and oxygen atoms in total. The number of halogens is 2. The summed E-state index contributed by atoms with van der Waals surface area (Å²) in [7, 11) is 0. The highest BCUT2D eigenvalue weighted by atomic mass is 35.5. The van der Waals surface area contributed by atoms with Crippen LogP contribution in [0.2, 0.25) is 10.0 Å². The van der Waals surface area contributed by atoms with E-state index >= 15 is 0 Å². The smallest absolute Gasteiger partial charge is 0.272 e. The predicted octanol–water partition coefficient (Wildman–Crippen LogP) is 5.21. The molecule has 12 heteroatoms. The molecule has 0 aliphatic heterocycles. The number of amides is 1. The zero-order valence-corrected chi connectivity index (χ0v) is 21.3. The maximum Gasteiger partial charge on any atom is 0.272 e. The molecule has 2 aromatic carbocycles. The standard InChI is InChI=1S/C22H20Cl2N6O2S2/c1-11-3-5-15(6-4-11)28-22-26-12(2)19(34-22)18(31)10-17(29-30-21(25)33)20(32)27-16-8-13(23)7-14(24)9-16/h3-9H,10H2,1-2H3,(H,26,28)(H,27,32)(H3,25,30,33). The fraction of sp³-hybridized carbons (Fsp3) is 0.136. The summed E-state index contributed by atoms with van der Waals surface area (Å²) in [4.78, 5) is 30.7. The number of carbonyl (C=O) groups is 2. The molecule has 0 radical (unpaired) electrons. The van der Waals surface area contributed by atoms with Gasteiger partial charge in [0.15, 0.2) is 16.0 Å². The summed E-state index contributed by atoms with van der Waals surface area (Å²) in [5.74, 6) is -0.981. The number of nitrogens with one attached hydrogen (secondary N) is 3. The minimum Gasteiger partial charge on any atom is -0.375 e. The molecule has 1 aromatic heterocycles. The van der Waals surface area contributed by atoms with Gasteiger partial charge in [0.25, 0.3) is 5.91 Å². The highest BCUT2D eigenvalue weighted by molar-refractivity contribution is 7.80. The number of ketones is 1. The van der Waals surface area contributed by atoms with Crippen LogP contribution in [-0.2, 0) is 4.79 Å². The predicted molar refractivity (Wildman–Crippen MR) is 143 cm³/mol. The number of nitrogens with zero attached hydrogens (tertiary/aromatic N) is 2. The molecule has 3 aromatic rings. The third kappa shape index (κ3) is 7.22. The molecule has 0 fully saturated rings. The second-order valence-electron chi connectivity index (χ2n) is 7.17. The molecule has 0 unspecified atom stereocenters. The molecule has 0 saturated carbocycles. The van der Waals surface area contributed by atoms with Crippen molar-refractivity contribution in [3.63, 3.8) is 0 Å². The Balaban J connectivity index is 1.78. The Morgan fingerprint density at radius 3 is 2.35 bits per heavy atom. The number of hydrazone groups is 1. The molecule has 1 heterocycles. The van der Waals surface area contributed by atoms with Crippen LogP contribution in [-0.4, -0.2) is 27.5 Å². The summed E-state index contributed by atoms with van der Waals surface area (Å²) in [6, 6.07) is 12.3. The average molecular weight is 535 g/mol. The fourth-order valence-electron chi connectivity index (χ4n) is 2.82. The third-order valence-electron chi connectivity index (χ3n) is 4.36. The Kier molecular flexibility index (Phi) is 8.56. The van der Waals surface area contributed by atoms with Crippen molar-refractivity contribution in [3.05, 3.63) is 68.6 Å². The lowest BCUT2D eigenvalue weighted by atomic mass is 10.1. The molecule has 176 valence electrons. The normalized spacial score (nSPS) is 11.1. The van der Waals surface area contributed by atoms with Crippen molar-refractivity contribution in [2.75, 3.05) is 10.6 Å². The van der Waals surface area contributed by atoms with Crippen LogP contribution in [0.1, 0.15) is 27.3 Å². The van der Waals surface area contributed by atoms with Gasteiger partial charge in [0, 0.05) is 21.4 Å². The molecule has 34 heavy (non-hydrogen) atoms. The van der Waals surface area contributed by atoms with E-state index in [2.05, 4.69) is 26.1 Å². The fourth-order valence-corrected chi connectivity index (χ4v) is 4.32. The Labute approximate surface area is 215 Å². The van der Waals surface area contributed by atoms with Gasteiger partial charge in [-0.25, -0.2) is 4.98 Å². The van der Waals surface area contributed by atoms with Crippen LogP contribution in [0.5, 0.6) is 0 Å². The van der Waals surface area contributed by atoms with E-state index in [9.17, 15) is 9.59 Å². The average Bonchev–Trinajstić information content (AvgIpc) is 3.11. The number of nitrogens with two attached hydrogens (primary N) is 1. The van der Waals surface area contributed by atoms with E-state index in [-0.39, 0.29) is 23.0 Å². The first-order valence-electron chi connectivity index (χ1n) is 9.84. The van der Waals surface area contributed by atoms with Crippen LogP contribution in [0.15, 0.2) is 47.6 Å². The van der Waals surface area contributed by atoms with Crippen molar-refractivity contribution in [1.29, 1.82) is 0 Å². The number of anilines is 3. The van der Waals surface area contributed by atoms with E-state index in [0.29, 0.717) is 31.4 Å². The van der Waals surface area contributed by atoms with E-state index in [1.165, 1.54) is 29.5 Å². The number of thiazole rings is 1. The zero-order chi connectivity index (χ0) is 24.8. The number of carbonyl (C=O) groups excluding carboxylic acids is 2. The van der Waals surface area contributed by atoms with Gasteiger partial charge >= 0.3 is 0 Å². The Morgan fingerprint density at radius 1 is 1.09 bits per heavy atom. The van der Waals surface area contributed by atoms with Gasteiger partial charge in [-0.3, -0.25) is 15.0 Å². The largest absolute Gasteiger partial charge is 0.375 e. The van der Waals surface area contributed by atoms with E-state index < -0.39 is 5.91 Å². The van der Waals surface area contributed by atoms with Crippen LogP contribution in [0.25, 0.3) is 0 Å². The molecule has 1 amide bonds. The van der Waals surface area contributed by atoms with Crippen molar-refractivity contribution < 1.29 is 9.59 Å². The van der Waals surface area contributed by atoms with Gasteiger partial charge in [0.05, 0.1) is 17.0 Å². The first-order valence-corrected chi connectivity index (χ1v) is 11.8. The number of thiocarbonyl (C=S) groups is 1. The molecular weight excluding hydrogens is 515 g/mol. The van der Waals surface area contributed by atoms with Gasteiger partial charge in [-0.1, -0.05) is 52.2 Å². The summed E-state index contributed by atoms with van der Waals surface area (Å²) in [6.07, 6.45) is -0.317. The molecule has 0 bridgehead atoms. The summed E-state index contributed by atoms with van der Waals surface area (Å²) >= 11 is 17.9. The summed E-state index contributed by atoms with van der Waals surface area (Å²) in [6.45, 7) is 3.72. The topological polar surface area (TPSA) is 122 Å². The number of hydrogen-bond acceptors (Lipinski definition) is 7. The number of aromatic nitrogens is 1. The SMILES string of the molecule is Cc1ccc(Nc2nc(C)c(C(=O)CC(=NNC(N)=S)C(=O)Nc3cc(Cl)cc(Cl)c3)s2)cc1. The van der Waals surface area contributed by atoms with Crippen LogP contribution >= 0.6 is 46.8 Å². The van der Waals surface area contributed by atoms with Gasteiger partial charge in [-0.15, -0.1) is 0 Å². The lowest BCUT2D eigenvalue weighted by molar-refractivity contribution is -0.110. The highest BCUT2D eigenvalue weighted by Gasteiger charge is 2.22. The quantitative estimate of drug-likeness (QED) is 0.135. The maximum atomic E-state index is 13.0. The van der Waals surface area contributed by atoms with E-state index in [4.69, 9.17) is 41.2 Å². The summed E-state index contributed by atoms with van der Waals surface area (Å²) in [5.41, 5.74) is 10.5. The Hall–Kier alpha value is -3.05. The molecule has 0 aliphatic carbocycles. The number of Topliss-reactive ketones (excluding diaryl/α,β-unsaturated/α-hetero) is 1. The van der Waals surface area contributed by atoms with E-state index in [1.54, 1.807) is 6.92 Å². The Bertz CT molecular complexity index is 1250. The molecular formula is C22H20Cl2N6O2S2. The monoisotopic (exact) mass is 534 g/mol. The Morgan fingerprint density at radius 2 is 1.74 bits per heavy atom. The molecule has 0 saturated heterocycles. The van der Waals surface area contributed by atoms with Crippen molar-refractivity contribution in [3.8, 4) is 0 Å². The number of benzene rings is 2. The molecule has 0 atom stereocenters. The first kappa shape index (κ1) is 25.6. The first-order chi connectivity index (χ1) is 16.1. The van der Waals surface area contributed by atoms with Crippen molar-refractivity contribution in [2.24, 2.45) is 10.8 Å². The zero-order valence-electron chi connectivity index (χ0n) is 18.1. The maximum absolute atomic E-state index is 13.0. The van der Waals surface area contributed by atoms with Crippen molar-refractivity contribution in [1.82, 2.24) is 10.4 Å². The number of aryl methyl sites for hydroxylation is 2. The minimum atomic E-state index is -0.643. The molecule has 3 rings (SSSR count). The van der Waals surface area contributed by atoms with Gasteiger partial charge in [0.2, 0.25) is 0 Å². The van der Waals surface area contributed by atoms with Gasteiger partial charge in [-0.2, -0.15) is 5.10 Å². The van der Waals surface area contributed by atoms with Gasteiger partial charge in [0.1, 0.15) is 5.71 Å². The number of hydrogen-bond donors (Lipinski definition) is 4. The summed E-state index contributed by atoms with van der Waals surface area (Å²) in [5, 5.41) is 10.8. The molecule has 0 aliphatic rings. The second-order valence-corrected chi connectivity index (χ2v) is 9.48. The number of rotatable bonds is 8. The van der Waals surface area contributed by atoms with Crippen LogP contribution in [0.3, 0.4) is 0 Å². The summed E-state index contributed by atoms with van der Waals surface area (Å²) < 4.78 is 0. The lowest BCUT2D eigenvalue weighted by Gasteiger charge is -2.09.